The zero-order valence-corrected chi connectivity index (χ0v) is 17.1. The molecular weight excluding hydrogens is 363 g/mol. The van der Waals surface area contributed by atoms with Crippen molar-refractivity contribution in [2.75, 3.05) is 19.7 Å². The van der Waals surface area contributed by atoms with Gasteiger partial charge < -0.3 is 4.74 Å². The largest absolute Gasteiger partial charge is 0.417 e. The first-order valence-corrected chi connectivity index (χ1v) is 9.94. The van der Waals surface area contributed by atoms with Gasteiger partial charge in [0.15, 0.2) is 0 Å². The van der Waals surface area contributed by atoms with Crippen molar-refractivity contribution < 1.29 is 17.9 Å². The van der Waals surface area contributed by atoms with E-state index in [-0.39, 0.29) is 11.7 Å². The van der Waals surface area contributed by atoms with Gasteiger partial charge in [-0.1, -0.05) is 70.2 Å². The van der Waals surface area contributed by atoms with E-state index in [1.54, 1.807) is 18.2 Å². The van der Waals surface area contributed by atoms with Gasteiger partial charge in [0.25, 0.3) is 0 Å². The predicted molar refractivity (Wildman–Crippen MR) is 108 cm³/mol. The van der Waals surface area contributed by atoms with Gasteiger partial charge in [-0.2, -0.15) is 13.2 Å². The minimum Gasteiger partial charge on any atom is -0.375 e. The Morgan fingerprint density at radius 3 is 2.29 bits per heavy atom. The Labute approximate surface area is 166 Å². The van der Waals surface area contributed by atoms with Gasteiger partial charge in [-0.25, -0.2) is 0 Å². The molecule has 2 nitrogen and oxygen atoms in total. The Bertz CT molecular complexity index is 725. The molecular formula is C23H30F3NO. The number of benzene rings is 2. The summed E-state index contributed by atoms with van der Waals surface area (Å²) in [4.78, 5) is 2.34. The summed E-state index contributed by atoms with van der Waals surface area (Å²) in [6.45, 7) is 11.6. The number of halogens is 3. The SMILES string of the molecule is CC.CC(C)C1CN(Cc2ccc(-c3ccccc3C(F)(F)F)cc2)CCO1. The fourth-order valence-corrected chi connectivity index (χ4v) is 3.31. The van der Waals surface area contributed by atoms with Gasteiger partial charge in [0.05, 0.1) is 18.3 Å². The second-order valence-electron chi connectivity index (χ2n) is 7.13. The van der Waals surface area contributed by atoms with E-state index in [0.717, 1.165) is 37.9 Å². The minimum absolute atomic E-state index is 0.220. The van der Waals surface area contributed by atoms with Crippen molar-refractivity contribution in [3.8, 4) is 11.1 Å². The van der Waals surface area contributed by atoms with E-state index in [1.165, 1.54) is 12.1 Å². The molecule has 1 heterocycles. The van der Waals surface area contributed by atoms with Crippen molar-refractivity contribution in [3.05, 3.63) is 59.7 Å². The van der Waals surface area contributed by atoms with Crippen molar-refractivity contribution in [2.45, 2.75) is 46.5 Å². The van der Waals surface area contributed by atoms with Crippen LogP contribution in [0.4, 0.5) is 13.2 Å². The molecule has 154 valence electrons. The van der Waals surface area contributed by atoms with Crippen molar-refractivity contribution >= 4 is 0 Å². The lowest BCUT2D eigenvalue weighted by Gasteiger charge is -2.34. The summed E-state index contributed by atoms with van der Waals surface area (Å²) in [5, 5.41) is 0. The first-order valence-electron chi connectivity index (χ1n) is 9.94. The lowest BCUT2D eigenvalue weighted by atomic mass is 9.98. The molecule has 2 aromatic carbocycles. The van der Waals surface area contributed by atoms with E-state index >= 15 is 0 Å². The quantitative estimate of drug-likeness (QED) is 0.608. The summed E-state index contributed by atoms with van der Waals surface area (Å²) in [6, 6.07) is 13.1. The van der Waals surface area contributed by atoms with E-state index in [2.05, 4.69) is 18.7 Å². The molecule has 0 aromatic heterocycles. The van der Waals surface area contributed by atoms with E-state index in [4.69, 9.17) is 4.74 Å². The molecule has 0 spiro atoms. The van der Waals surface area contributed by atoms with Crippen molar-refractivity contribution in [1.29, 1.82) is 0 Å². The number of nitrogens with zero attached hydrogens (tertiary/aromatic N) is 1. The Hall–Kier alpha value is -1.85. The fourth-order valence-electron chi connectivity index (χ4n) is 3.31. The number of ether oxygens (including phenoxy) is 1. The van der Waals surface area contributed by atoms with Crippen LogP contribution >= 0.6 is 0 Å². The van der Waals surface area contributed by atoms with E-state index in [1.807, 2.05) is 26.0 Å². The van der Waals surface area contributed by atoms with Crippen molar-refractivity contribution in [2.24, 2.45) is 5.92 Å². The highest BCUT2D eigenvalue weighted by molar-refractivity contribution is 5.68. The lowest BCUT2D eigenvalue weighted by Crippen LogP contribution is -2.44. The summed E-state index contributed by atoms with van der Waals surface area (Å²) < 4.78 is 45.4. The summed E-state index contributed by atoms with van der Waals surface area (Å²) >= 11 is 0. The van der Waals surface area contributed by atoms with Gasteiger partial charge in [0, 0.05) is 19.6 Å². The predicted octanol–water partition coefficient (Wildman–Crippen LogP) is 6.26. The van der Waals surface area contributed by atoms with Crippen molar-refractivity contribution in [1.82, 2.24) is 4.90 Å². The zero-order chi connectivity index (χ0) is 20.7. The molecule has 1 unspecified atom stereocenters. The third-order valence-electron chi connectivity index (χ3n) is 4.82. The zero-order valence-electron chi connectivity index (χ0n) is 17.1. The number of hydrogen-bond acceptors (Lipinski definition) is 2. The molecule has 1 aliphatic rings. The summed E-state index contributed by atoms with van der Waals surface area (Å²) in [7, 11) is 0. The second-order valence-corrected chi connectivity index (χ2v) is 7.13. The van der Waals surface area contributed by atoms with E-state index in [0.29, 0.717) is 11.5 Å². The van der Waals surface area contributed by atoms with Crippen LogP contribution in [0.5, 0.6) is 0 Å². The lowest BCUT2D eigenvalue weighted by molar-refractivity contribution is -0.137. The van der Waals surface area contributed by atoms with Gasteiger partial charge in [0.1, 0.15) is 0 Å². The van der Waals surface area contributed by atoms with Crippen LogP contribution in [0.15, 0.2) is 48.5 Å². The van der Waals surface area contributed by atoms with Gasteiger partial charge >= 0.3 is 6.18 Å². The van der Waals surface area contributed by atoms with Crippen LogP contribution in [-0.4, -0.2) is 30.7 Å². The van der Waals surface area contributed by atoms with E-state index in [9.17, 15) is 13.2 Å². The summed E-state index contributed by atoms with van der Waals surface area (Å²) in [5.41, 5.74) is 1.31. The van der Waals surface area contributed by atoms with Crippen LogP contribution in [0.1, 0.15) is 38.8 Å². The van der Waals surface area contributed by atoms with Crippen LogP contribution in [0.2, 0.25) is 0 Å². The Balaban J connectivity index is 0.00000136. The second kappa shape index (κ2) is 10.1. The highest BCUT2D eigenvalue weighted by Crippen LogP contribution is 2.36. The maximum absolute atomic E-state index is 13.2. The normalized spacial score (nSPS) is 17.9. The number of alkyl halides is 3. The topological polar surface area (TPSA) is 12.5 Å². The maximum Gasteiger partial charge on any atom is 0.417 e. The molecule has 2 aromatic rings. The molecule has 1 atom stereocenters. The number of rotatable bonds is 4. The molecule has 0 bridgehead atoms. The van der Waals surface area contributed by atoms with Crippen LogP contribution in [0.3, 0.4) is 0 Å². The van der Waals surface area contributed by atoms with Gasteiger partial charge in [-0.05, 0) is 28.7 Å². The van der Waals surface area contributed by atoms with E-state index < -0.39 is 11.7 Å². The molecule has 28 heavy (non-hydrogen) atoms. The third-order valence-corrected chi connectivity index (χ3v) is 4.82. The van der Waals surface area contributed by atoms with Crippen LogP contribution in [0, 0.1) is 5.92 Å². The average Bonchev–Trinajstić information content (AvgIpc) is 2.70. The molecule has 1 aliphatic heterocycles. The molecule has 3 rings (SSSR count). The fraction of sp³-hybridized carbons (Fsp3) is 0.478. The Kier molecular flexibility index (Phi) is 8.08. The molecule has 0 aliphatic carbocycles. The summed E-state index contributed by atoms with van der Waals surface area (Å²) in [5.74, 6) is 0.471. The molecule has 0 saturated carbocycles. The molecule has 1 fully saturated rings. The highest BCUT2D eigenvalue weighted by Gasteiger charge is 2.33. The first-order chi connectivity index (χ1) is 13.3. The standard InChI is InChI=1S/C21H24F3NO.C2H6/c1-15(2)20-14-25(11-12-26-20)13-16-7-9-17(10-8-16)18-5-3-4-6-19(18)21(22,23)24;1-2/h3-10,15,20H,11-14H2,1-2H3;1-2H3. The summed E-state index contributed by atoms with van der Waals surface area (Å²) in [6.07, 6.45) is -4.11. The Morgan fingerprint density at radius 2 is 1.68 bits per heavy atom. The first kappa shape index (κ1) is 22.4. The average molecular weight is 393 g/mol. The minimum atomic E-state index is -4.35. The van der Waals surface area contributed by atoms with Gasteiger partial charge in [-0.15, -0.1) is 0 Å². The monoisotopic (exact) mass is 393 g/mol. The van der Waals surface area contributed by atoms with Crippen LogP contribution in [0.25, 0.3) is 11.1 Å². The van der Waals surface area contributed by atoms with Crippen LogP contribution in [-0.2, 0) is 17.5 Å². The number of hydrogen-bond donors (Lipinski definition) is 0. The molecule has 0 radical (unpaired) electrons. The highest BCUT2D eigenvalue weighted by atomic mass is 19.4. The van der Waals surface area contributed by atoms with Crippen molar-refractivity contribution in [3.63, 3.8) is 0 Å². The maximum atomic E-state index is 13.2. The van der Waals surface area contributed by atoms with Gasteiger partial charge in [-0.3, -0.25) is 4.90 Å². The molecule has 0 N–H and O–H groups in total. The smallest absolute Gasteiger partial charge is 0.375 e. The molecule has 1 saturated heterocycles. The third kappa shape index (κ3) is 5.82. The Morgan fingerprint density at radius 1 is 1.04 bits per heavy atom. The molecule has 0 amide bonds. The molecule has 5 heteroatoms. The van der Waals surface area contributed by atoms with Crippen LogP contribution < -0.4 is 0 Å². The van der Waals surface area contributed by atoms with Gasteiger partial charge in [0.2, 0.25) is 0 Å². The number of morpholine rings is 1.